The third kappa shape index (κ3) is 2.49. The van der Waals surface area contributed by atoms with Crippen molar-refractivity contribution in [3.63, 3.8) is 0 Å². The Hall–Kier alpha value is -2.61. The van der Waals surface area contributed by atoms with Gasteiger partial charge in [0.1, 0.15) is 11.8 Å². The lowest BCUT2D eigenvalue weighted by Gasteiger charge is -2.06. The molecule has 0 saturated heterocycles. The molecule has 2 N–H and O–H groups in total. The fourth-order valence-electron chi connectivity index (χ4n) is 1.49. The van der Waals surface area contributed by atoms with E-state index in [1.54, 1.807) is 29.2 Å². The minimum absolute atomic E-state index is 0.186. The summed E-state index contributed by atoms with van der Waals surface area (Å²) in [6.45, 7) is 0.543. The summed E-state index contributed by atoms with van der Waals surface area (Å²) in [5.41, 5.74) is 6.86. The quantitative estimate of drug-likeness (QED) is 0.818. The summed E-state index contributed by atoms with van der Waals surface area (Å²) in [7, 11) is 0. The molecule has 2 rings (SSSR count). The monoisotopic (exact) mass is 226 g/mol. The summed E-state index contributed by atoms with van der Waals surface area (Å²) in [5.74, 6) is 0. The number of nitrogen functional groups attached to an aromatic ring is 1. The maximum absolute atomic E-state index is 11.1. The van der Waals surface area contributed by atoms with E-state index in [1.165, 1.54) is 6.07 Å². The molecule has 2 aromatic rings. The molecule has 0 radical (unpaired) electrons. The van der Waals surface area contributed by atoms with E-state index in [2.05, 4.69) is 4.98 Å². The zero-order chi connectivity index (χ0) is 12.3. The van der Waals surface area contributed by atoms with Crippen LogP contribution in [0.4, 0.5) is 5.69 Å². The van der Waals surface area contributed by atoms with Crippen molar-refractivity contribution < 1.29 is 0 Å². The molecule has 2 heterocycles. The number of aromatic nitrogens is 2. The molecule has 0 atom stereocenters. The summed E-state index contributed by atoms with van der Waals surface area (Å²) < 4.78 is 1.78. The first kappa shape index (κ1) is 10.9. The Balaban J connectivity index is 2.28. The molecule has 5 nitrogen and oxygen atoms in total. The molecular weight excluding hydrogens is 216 g/mol. The molecule has 0 amide bonds. The Bertz CT molecular complexity index is 639. The number of nitriles is 1. The lowest BCUT2D eigenvalue weighted by molar-refractivity contribution is 0.789. The third-order valence-electron chi connectivity index (χ3n) is 2.31. The van der Waals surface area contributed by atoms with Crippen LogP contribution in [0, 0.1) is 11.3 Å². The van der Waals surface area contributed by atoms with Gasteiger partial charge in [-0.3, -0.25) is 4.79 Å². The molecule has 17 heavy (non-hydrogen) atoms. The molecule has 0 bridgehead atoms. The first-order valence-corrected chi connectivity index (χ1v) is 4.99. The van der Waals surface area contributed by atoms with Crippen molar-refractivity contribution in [1.29, 1.82) is 5.26 Å². The Morgan fingerprint density at radius 3 is 3.00 bits per heavy atom. The Morgan fingerprint density at radius 1 is 1.47 bits per heavy atom. The molecule has 5 heteroatoms. The minimum atomic E-state index is -0.186. The summed E-state index contributed by atoms with van der Waals surface area (Å²) in [4.78, 5) is 15.0. The molecule has 0 aliphatic carbocycles. The van der Waals surface area contributed by atoms with Crippen LogP contribution in [-0.4, -0.2) is 9.55 Å². The van der Waals surface area contributed by atoms with Crippen molar-refractivity contribution in [2.45, 2.75) is 6.54 Å². The minimum Gasteiger partial charge on any atom is -0.394 e. The van der Waals surface area contributed by atoms with Crippen LogP contribution >= 0.6 is 0 Å². The Morgan fingerprint density at radius 2 is 2.29 bits per heavy atom. The average Bonchev–Trinajstić information content (AvgIpc) is 2.34. The normalized spacial score (nSPS) is 9.82. The summed E-state index contributed by atoms with van der Waals surface area (Å²) in [5, 5.41) is 8.73. The standard InChI is InChI=1S/C12H10N4O/c13-6-10-5-9(1-3-15-10)7-16-4-2-12(17)11(14)8-16/h1-5,8H,7,14H2. The maximum Gasteiger partial charge on any atom is 0.204 e. The second-order valence-electron chi connectivity index (χ2n) is 3.60. The van der Waals surface area contributed by atoms with Gasteiger partial charge >= 0.3 is 0 Å². The van der Waals surface area contributed by atoms with E-state index < -0.39 is 0 Å². The molecule has 0 fully saturated rings. The van der Waals surface area contributed by atoms with Crippen LogP contribution in [0.15, 0.2) is 41.6 Å². The van der Waals surface area contributed by atoms with Gasteiger partial charge < -0.3 is 10.3 Å². The molecule has 0 spiro atoms. The van der Waals surface area contributed by atoms with Crippen LogP contribution < -0.4 is 11.2 Å². The lowest BCUT2D eigenvalue weighted by atomic mass is 10.2. The second-order valence-corrected chi connectivity index (χ2v) is 3.60. The first-order chi connectivity index (χ1) is 8.19. The maximum atomic E-state index is 11.1. The number of hydrogen-bond acceptors (Lipinski definition) is 4. The van der Waals surface area contributed by atoms with Gasteiger partial charge in [-0.05, 0) is 17.7 Å². The fraction of sp³-hybridized carbons (Fsp3) is 0.0833. The molecule has 2 aromatic heterocycles. The van der Waals surface area contributed by atoms with E-state index in [-0.39, 0.29) is 11.1 Å². The largest absolute Gasteiger partial charge is 0.394 e. The van der Waals surface area contributed by atoms with Crippen LogP contribution in [0.2, 0.25) is 0 Å². The zero-order valence-corrected chi connectivity index (χ0v) is 9.00. The van der Waals surface area contributed by atoms with Crippen molar-refractivity contribution in [2.24, 2.45) is 0 Å². The summed E-state index contributed by atoms with van der Waals surface area (Å²) in [6.07, 6.45) is 4.82. The Kier molecular flexibility index (Phi) is 2.88. The predicted octanol–water partition coefficient (Wildman–Crippen LogP) is 0.745. The highest BCUT2D eigenvalue weighted by molar-refractivity contribution is 5.34. The average molecular weight is 226 g/mol. The highest BCUT2D eigenvalue weighted by Gasteiger charge is 1.99. The van der Waals surface area contributed by atoms with Crippen LogP contribution in [0.3, 0.4) is 0 Å². The zero-order valence-electron chi connectivity index (χ0n) is 9.00. The van der Waals surface area contributed by atoms with Crippen LogP contribution in [0.5, 0.6) is 0 Å². The van der Waals surface area contributed by atoms with Crippen LogP contribution in [0.25, 0.3) is 0 Å². The molecule has 0 aromatic carbocycles. The highest BCUT2D eigenvalue weighted by atomic mass is 16.1. The molecule has 0 aliphatic heterocycles. The molecule has 0 aliphatic rings. The van der Waals surface area contributed by atoms with Gasteiger partial charge in [0.25, 0.3) is 0 Å². The van der Waals surface area contributed by atoms with Gasteiger partial charge in [-0.15, -0.1) is 0 Å². The van der Waals surface area contributed by atoms with Gasteiger partial charge in [0.2, 0.25) is 5.43 Å². The van der Waals surface area contributed by atoms with Gasteiger partial charge in [0.15, 0.2) is 0 Å². The van der Waals surface area contributed by atoms with Crippen molar-refractivity contribution in [2.75, 3.05) is 5.73 Å². The van der Waals surface area contributed by atoms with Crippen LogP contribution in [-0.2, 0) is 6.54 Å². The van der Waals surface area contributed by atoms with E-state index in [4.69, 9.17) is 11.0 Å². The molecular formula is C12H10N4O. The number of hydrogen-bond donors (Lipinski definition) is 1. The van der Waals surface area contributed by atoms with Gasteiger partial charge in [-0.2, -0.15) is 5.26 Å². The summed E-state index contributed by atoms with van der Waals surface area (Å²) >= 11 is 0. The van der Waals surface area contributed by atoms with Crippen LogP contribution in [0.1, 0.15) is 11.3 Å². The summed E-state index contributed by atoms with van der Waals surface area (Å²) in [6, 6.07) is 6.91. The van der Waals surface area contributed by atoms with Crippen molar-refractivity contribution in [3.05, 3.63) is 58.3 Å². The Labute approximate surface area is 97.8 Å². The van der Waals surface area contributed by atoms with Gasteiger partial charge in [0, 0.05) is 31.2 Å². The SMILES string of the molecule is N#Cc1cc(Cn2ccc(=O)c(N)c2)ccn1. The van der Waals surface area contributed by atoms with Crippen molar-refractivity contribution in [3.8, 4) is 6.07 Å². The van der Waals surface area contributed by atoms with E-state index in [0.29, 0.717) is 12.2 Å². The van der Waals surface area contributed by atoms with Gasteiger partial charge in [0.05, 0.1) is 5.69 Å². The van der Waals surface area contributed by atoms with Gasteiger partial charge in [-0.25, -0.2) is 4.98 Å². The number of anilines is 1. The van der Waals surface area contributed by atoms with E-state index in [9.17, 15) is 4.79 Å². The topological polar surface area (TPSA) is 84.7 Å². The van der Waals surface area contributed by atoms with Gasteiger partial charge in [-0.1, -0.05) is 0 Å². The number of rotatable bonds is 2. The fourth-order valence-corrected chi connectivity index (χ4v) is 1.49. The molecule has 84 valence electrons. The lowest BCUT2D eigenvalue weighted by Crippen LogP contribution is -2.11. The number of nitrogens with zero attached hydrogens (tertiary/aromatic N) is 3. The first-order valence-electron chi connectivity index (χ1n) is 4.99. The predicted molar refractivity (Wildman–Crippen MR) is 63.2 cm³/mol. The van der Waals surface area contributed by atoms with Crippen molar-refractivity contribution in [1.82, 2.24) is 9.55 Å². The molecule has 0 unspecified atom stereocenters. The second kappa shape index (κ2) is 4.49. The van der Waals surface area contributed by atoms with E-state index >= 15 is 0 Å². The molecule has 0 saturated carbocycles. The van der Waals surface area contributed by atoms with Crippen molar-refractivity contribution >= 4 is 5.69 Å². The smallest absolute Gasteiger partial charge is 0.204 e. The number of pyridine rings is 2. The van der Waals surface area contributed by atoms with E-state index in [0.717, 1.165) is 5.56 Å². The van der Waals surface area contributed by atoms with E-state index in [1.807, 2.05) is 12.1 Å². The number of nitrogens with two attached hydrogens (primary N) is 1. The highest BCUT2D eigenvalue weighted by Crippen LogP contribution is 2.04. The third-order valence-corrected chi connectivity index (χ3v) is 2.31.